The van der Waals surface area contributed by atoms with Crippen LogP contribution in [0.3, 0.4) is 0 Å². The first-order valence-electron chi connectivity index (χ1n) is 7.69. The zero-order valence-corrected chi connectivity index (χ0v) is 14.2. The van der Waals surface area contributed by atoms with E-state index in [9.17, 15) is 13.2 Å². The van der Waals surface area contributed by atoms with E-state index in [2.05, 4.69) is 10.3 Å². The van der Waals surface area contributed by atoms with E-state index in [1.165, 1.54) is 18.4 Å². The Labute approximate surface area is 153 Å². The van der Waals surface area contributed by atoms with Crippen molar-refractivity contribution in [3.05, 3.63) is 82.5 Å². The first-order valence-corrected chi connectivity index (χ1v) is 8.07. The molecule has 0 spiro atoms. The van der Waals surface area contributed by atoms with Crippen molar-refractivity contribution >= 4 is 29.4 Å². The van der Waals surface area contributed by atoms with Gasteiger partial charge in [-0.15, -0.1) is 0 Å². The van der Waals surface area contributed by atoms with Gasteiger partial charge in [0.2, 0.25) is 5.89 Å². The highest BCUT2D eigenvalue weighted by Crippen LogP contribution is 2.29. The lowest BCUT2D eigenvalue weighted by Crippen LogP contribution is -2.03. The maximum Gasteiger partial charge on any atom is 0.416 e. The van der Waals surface area contributed by atoms with Crippen molar-refractivity contribution in [2.75, 3.05) is 5.32 Å². The average Bonchev–Trinajstić information content (AvgIpc) is 3.06. The van der Waals surface area contributed by atoms with E-state index in [0.717, 1.165) is 17.8 Å². The summed E-state index contributed by atoms with van der Waals surface area (Å²) in [4.78, 5) is 4.29. The van der Waals surface area contributed by atoms with Gasteiger partial charge in [-0.2, -0.15) is 13.2 Å². The smallest absolute Gasteiger partial charge is 0.416 e. The highest BCUT2D eigenvalue weighted by molar-refractivity contribution is 6.30. The van der Waals surface area contributed by atoms with Gasteiger partial charge in [-0.25, -0.2) is 4.98 Å². The monoisotopic (exact) mass is 378 g/mol. The minimum absolute atomic E-state index is 0.368. The van der Waals surface area contributed by atoms with Crippen LogP contribution in [-0.4, -0.2) is 4.98 Å². The molecule has 7 heteroatoms. The van der Waals surface area contributed by atoms with Gasteiger partial charge in [0.15, 0.2) is 0 Å². The van der Waals surface area contributed by atoms with Crippen molar-refractivity contribution in [3.63, 3.8) is 0 Å². The van der Waals surface area contributed by atoms with E-state index in [1.54, 1.807) is 24.3 Å². The Hall–Kier alpha value is -2.73. The topological polar surface area (TPSA) is 38.1 Å². The molecule has 3 nitrogen and oxygen atoms in total. The first-order chi connectivity index (χ1) is 12.4. The molecular weight excluding hydrogens is 365 g/mol. The predicted octanol–water partition coefficient (Wildman–Crippen LogP) is 6.13. The molecule has 0 aliphatic carbocycles. The van der Waals surface area contributed by atoms with Crippen molar-refractivity contribution in [1.29, 1.82) is 0 Å². The highest BCUT2D eigenvalue weighted by Gasteiger charge is 2.29. The summed E-state index contributed by atoms with van der Waals surface area (Å²) < 4.78 is 42.9. The molecule has 0 atom stereocenters. The number of aromatic nitrogens is 1. The van der Waals surface area contributed by atoms with E-state index >= 15 is 0 Å². The van der Waals surface area contributed by atoms with E-state index in [4.69, 9.17) is 16.0 Å². The molecule has 134 valence electrons. The van der Waals surface area contributed by atoms with Gasteiger partial charge < -0.3 is 9.73 Å². The molecule has 0 unspecified atom stereocenters. The molecule has 0 bridgehead atoms. The lowest BCUT2D eigenvalue weighted by Gasteiger charge is -2.05. The number of alkyl halides is 3. The van der Waals surface area contributed by atoms with E-state index in [-0.39, 0.29) is 0 Å². The van der Waals surface area contributed by atoms with Crippen LogP contribution in [-0.2, 0) is 12.7 Å². The molecule has 0 saturated carbocycles. The third-order valence-electron chi connectivity index (χ3n) is 3.52. The summed E-state index contributed by atoms with van der Waals surface area (Å²) in [7, 11) is 0. The number of halogens is 4. The second-order valence-electron chi connectivity index (χ2n) is 5.49. The Balaban J connectivity index is 1.60. The Morgan fingerprint density at radius 1 is 1.08 bits per heavy atom. The molecule has 1 aromatic heterocycles. The van der Waals surface area contributed by atoms with Crippen LogP contribution in [0.5, 0.6) is 0 Å². The van der Waals surface area contributed by atoms with E-state index < -0.39 is 11.7 Å². The van der Waals surface area contributed by atoms with Gasteiger partial charge in [-0.1, -0.05) is 29.8 Å². The molecule has 0 fully saturated rings. The number of nitrogens with zero attached hydrogens (tertiary/aromatic N) is 1. The first kappa shape index (κ1) is 18.1. The summed E-state index contributed by atoms with van der Waals surface area (Å²) in [6.45, 7) is 0.456. The summed E-state index contributed by atoms with van der Waals surface area (Å²) in [5.41, 5.74) is 1.49. The van der Waals surface area contributed by atoms with E-state index in [0.29, 0.717) is 28.7 Å². The van der Waals surface area contributed by atoms with Crippen LogP contribution in [0.15, 0.2) is 59.2 Å². The quantitative estimate of drug-likeness (QED) is 0.580. The molecule has 0 aliphatic heterocycles. The summed E-state index contributed by atoms with van der Waals surface area (Å²) >= 11 is 5.92. The van der Waals surface area contributed by atoms with Crippen LogP contribution in [0.25, 0.3) is 12.2 Å². The maximum atomic E-state index is 12.5. The molecule has 0 aliphatic rings. The molecule has 3 rings (SSSR count). The zero-order chi connectivity index (χ0) is 18.6. The number of anilines is 1. The van der Waals surface area contributed by atoms with Gasteiger partial charge in [-0.05, 0) is 42.0 Å². The Kier molecular flexibility index (Phi) is 5.32. The minimum Gasteiger partial charge on any atom is -0.445 e. The number of rotatable bonds is 5. The Morgan fingerprint density at radius 3 is 2.54 bits per heavy atom. The lowest BCUT2D eigenvalue weighted by molar-refractivity contribution is -0.137. The fourth-order valence-corrected chi connectivity index (χ4v) is 2.41. The summed E-state index contributed by atoms with van der Waals surface area (Å²) in [6.07, 6.45) is 0.422. The molecule has 1 heterocycles. The summed E-state index contributed by atoms with van der Waals surface area (Å²) in [5.74, 6) is 0.368. The molecule has 1 N–H and O–H groups in total. The summed E-state index contributed by atoms with van der Waals surface area (Å²) in [5, 5.41) is 3.81. The van der Waals surface area contributed by atoms with E-state index in [1.807, 2.05) is 12.1 Å². The molecule has 0 amide bonds. The highest BCUT2D eigenvalue weighted by atomic mass is 35.5. The standard InChI is InChI=1S/C19H14ClF3N2O/c20-15-2-1-3-16(10-15)24-11-17-12-26-18(25-17)9-6-13-4-7-14(8-5-13)19(21,22)23/h1-10,12,24H,11H2/b9-6+. The van der Waals surface area contributed by atoms with Gasteiger partial charge in [0.05, 0.1) is 17.8 Å². The van der Waals surface area contributed by atoms with Gasteiger partial charge in [0.1, 0.15) is 6.26 Å². The van der Waals surface area contributed by atoms with Crippen LogP contribution in [0.2, 0.25) is 5.02 Å². The van der Waals surface area contributed by atoms with Gasteiger partial charge in [0, 0.05) is 16.8 Å². The molecule has 0 saturated heterocycles. The number of benzene rings is 2. The van der Waals surface area contributed by atoms with Crippen LogP contribution >= 0.6 is 11.6 Å². The molecule has 26 heavy (non-hydrogen) atoms. The lowest BCUT2D eigenvalue weighted by atomic mass is 10.1. The Bertz CT molecular complexity index is 902. The number of oxazole rings is 1. The van der Waals surface area contributed by atoms with Gasteiger partial charge in [0.25, 0.3) is 0 Å². The third kappa shape index (κ3) is 4.89. The van der Waals surface area contributed by atoms with Crippen molar-refractivity contribution < 1.29 is 17.6 Å². The molecule has 2 aromatic carbocycles. The second-order valence-corrected chi connectivity index (χ2v) is 5.93. The van der Waals surface area contributed by atoms with Crippen molar-refractivity contribution in [3.8, 4) is 0 Å². The number of hydrogen-bond donors (Lipinski definition) is 1. The van der Waals surface area contributed by atoms with Crippen molar-refractivity contribution in [2.45, 2.75) is 12.7 Å². The number of nitrogens with one attached hydrogen (secondary N) is 1. The predicted molar refractivity (Wildman–Crippen MR) is 95.7 cm³/mol. The van der Waals surface area contributed by atoms with Crippen LogP contribution in [0.4, 0.5) is 18.9 Å². The molecule has 0 radical (unpaired) electrons. The SMILES string of the molecule is FC(F)(F)c1ccc(/C=C/c2nc(CNc3cccc(Cl)c3)co2)cc1. The van der Waals surface area contributed by atoms with Gasteiger partial charge >= 0.3 is 6.18 Å². The largest absolute Gasteiger partial charge is 0.445 e. The van der Waals surface area contributed by atoms with Crippen LogP contribution < -0.4 is 5.32 Å². The minimum atomic E-state index is -4.34. The molecule has 3 aromatic rings. The van der Waals surface area contributed by atoms with Crippen LogP contribution in [0.1, 0.15) is 22.7 Å². The van der Waals surface area contributed by atoms with Gasteiger partial charge in [-0.3, -0.25) is 0 Å². The summed E-state index contributed by atoms with van der Waals surface area (Å²) in [6, 6.07) is 12.2. The fourth-order valence-electron chi connectivity index (χ4n) is 2.22. The number of hydrogen-bond acceptors (Lipinski definition) is 3. The second kappa shape index (κ2) is 7.66. The Morgan fingerprint density at radius 2 is 1.85 bits per heavy atom. The average molecular weight is 379 g/mol. The fraction of sp³-hybridized carbons (Fsp3) is 0.105. The van der Waals surface area contributed by atoms with Crippen molar-refractivity contribution in [1.82, 2.24) is 4.98 Å². The zero-order valence-electron chi connectivity index (χ0n) is 13.4. The van der Waals surface area contributed by atoms with Crippen LogP contribution in [0, 0.1) is 0 Å². The normalized spacial score (nSPS) is 11.8. The van der Waals surface area contributed by atoms with Crippen molar-refractivity contribution in [2.24, 2.45) is 0 Å². The third-order valence-corrected chi connectivity index (χ3v) is 3.76. The maximum absolute atomic E-state index is 12.5. The molecular formula is C19H14ClF3N2O.